The van der Waals surface area contributed by atoms with Gasteiger partial charge in [-0.05, 0) is 23.6 Å². The van der Waals surface area contributed by atoms with E-state index in [0.717, 1.165) is 28.4 Å². The first-order chi connectivity index (χ1) is 10.3. The molecule has 0 aliphatic heterocycles. The van der Waals surface area contributed by atoms with Crippen LogP contribution in [-0.4, -0.2) is 15.0 Å². The van der Waals surface area contributed by atoms with Crippen LogP contribution in [-0.2, 0) is 6.42 Å². The molecule has 4 heteroatoms. The van der Waals surface area contributed by atoms with Gasteiger partial charge < -0.3 is 10.7 Å². The van der Waals surface area contributed by atoms with Gasteiger partial charge in [0.1, 0.15) is 5.52 Å². The fourth-order valence-corrected chi connectivity index (χ4v) is 2.79. The monoisotopic (exact) mass is 274 g/mol. The first-order valence-corrected chi connectivity index (χ1v) is 6.87. The molecule has 2 aromatic heterocycles. The lowest BCUT2D eigenvalue weighted by Crippen LogP contribution is -1.96. The van der Waals surface area contributed by atoms with Gasteiger partial charge in [-0.3, -0.25) is 0 Å². The smallest absolute Gasteiger partial charge is 0.152 e. The summed E-state index contributed by atoms with van der Waals surface area (Å²) in [5.74, 6) is 0.468. The summed E-state index contributed by atoms with van der Waals surface area (Å²) < 4.78 is 0. The number of aromatic amines is 1. The number of nitrogens with one attached hydrogen (secondary N) is 1. The van der Waals surface area contributed by atoms with E-state index in [4.69, 9.17) is 5.73 Å². The Balaban J connectivity index is 1.99. The zero-order chi connectivity index (χ0) is 14.2. The zero-order valence-electron chi connectivity index (χ0n) is 11.4. The van der Waals surface area contributed by atoms with Crippen LogP contribution in [0.15, 0.2) is 54.9 Å². The average molecular weight is 274 g/mol. The maximum Gasteiger partial charge on any atom is 0.152 e. The Morgan fingerprint density at radius 1 is 1.00 bits per heavy atom. The zero-order valence-corrected chi connectivity index (χ0v) is 11.4. The van der Waals surface area contributed by atoms with Crippen molar-refractivity contribution in [2.24, 2.45) is 0 Å². The van der Waals surface area contributed by atoms with Gasteiger partial charge in [0.05, 0.1) is 17.4 Å². The summed E-state index contributed by atoms with van der Waals surface area (Å²) in [5, 5.41) is 1.10. The number of fused-ring (bicyclic) bond motifs is 3. The number of H-pyrrole nitrogens is 1. The van der Waals surface area contributed by atoms with Gasteiger partial charge in [-0.2, -0.15) is 0 Å². The molecule has 0 aliphatic carbocycles. The average Bonchev–Trinajstić information content (AvgIpc) is 2.98. The number of nitrogen functional groups attached to an aromatic ring is 1. The molecule has 0 unspecified atom stereocenters. The number of anilines is 1. The van der Waals surface area contributed by atoms with Crippen LogP contribution >= 0.6 is 0 Å². The maximum absolute atomic E-state index is 5.98. The third-order valence-corrected chi connectivity index (χ3v) is 3.74. The molecule has 0 atom stereocenters. The largest absolute Gasteiger partial charge is 0.382 e. The van der Waals surface area contributed by atoms with Gasteiger partial charge in [-0.1, -0.05) is 42.5 Å². The van der Waals surface area contributed by atoms with E-state index in [0.29, 0.717) is 5.82 Å². The quantitative estimate of drug-likeness (QED) is 0.589. The minimum atomic E-state index is 0.468. The molecule has 0 spiro atoms. The van der Waals surface area contributed by atoms with Crippen molar-refractivity contribution in [3.8, 4) is 0 Å². The second kappa shape index (κ2) is 4.59. The molecule has 0 fully saturated rings. The SMILES string of the molecule is Nc1nc2cccc(Cc3ccccc3)c2c2[nH]cnc12. The topological polar surface area (TPSA) is 67.6 Å². The molecule has 2 heterocycles. The van der Waals surface area contributed by atoms with Crippen molar-refractivity contribution in [1.82, 2.24) is 15.0 Å². The lowest BCUT2D eigenvalue weighted by atomic mass is 10.00. The van der Waals surface area contributed by atoms with Crippen molar-refractivity contribution in [2.75, 3.05) is 5.73 Å². The van der Waals surface area contributed by atoms with Crippen LogP contribution in [0.1, 0.15) is 11.1 Å². The van der Waals surface area contributed by atoms with Gasteiger partial charge >= 0.3 is 0 Å². The van der Waals surface area contributed by atoms with Crippen LogP contribution in [0.4, 0.5) is 5.82 Å². The number of benzene rings is 2. The van der Waals surface area contributed by atoms with Crippen molar-refractivity contribution in [3.63, 3.8) is 0 Å². The number of hydrogen-bond acceptors (Lipinski definition) is 3. The number of rotatable bonds is 2. The Hall–Kier alpha value is -2.88. The highest BCUT2D eigenvalue weighted by Crippen LogP contribution is 2.29. The van der Waals surface area contributed by atoms with Crippen LogP contribution in [0.3, 0.4) is 0 Å². The molecule has 0 aliphatic rings. The molecule has 0 saturated heterocycles. The molecular weight excluding hydrogens is 260 g/mol. The van der Waals surface area contributed by atoms with E-state index >= 15 is 0 Å². The highest BCUT2D eigenvalue weighted by molar-refractivity contribution is 6.07. The lowest BCUT2D eigenvalue weighted by molar-refractivity contribution is 1.21. The number of nitrogens with two attached hydrogens (primary N) is 1. The maximum atomic E-state index is 5.98. The van der Waals surface area contributed by atoms with Crippen LogP contribution in [0.5, 0.6) is 0 Å². The molecule has 102 valence electrons. The van der Waals surface area contributed by atoms with Crippen LogP contribution in [0.25, 0.3) is 21.9 Å². The Kier molecular flexibility index (Phi) is 2.60. The molecule has 0 bridgehead atoms. The van der Waals surface area contributed by atoms with Crippen molar-refractivity contribution in [1.29, 1.82) is 0 Å². The summed E-state index contributed by atoms with van der Waals surface area (Å²) in [6, 6.07) is 16.6. The van der Waals surface area contributed by atoms with E-state index in [-0.39, 0.29) is 0 Å². The summed E-state index contributed by atoms with van der Waals surface area (Å²) in [7, 11) is 0. The van der Waals surface area contributed by atoms with Gasteiger partial charge in [0.2, 0.25) is 0 Å². The van der Waals surface area contributed by atoms with Gasteiger partial charge in [0.15, 0.2) is 5.82 Å². The molecule has 0 amide bonds. The predicted molar refractivity (Wildman–Crippen MR) is 85.1 cm³/mol. The molecule has 4 nitrogen and oxygen atoms in total. The predicted octanol–water partition coefficient (Wildman–Crippen LogP) is 3.28. The Labute approximate surface area is 121 Å². The van der Waals surface area contributed by atoms with Gasteiger partial charge in [0, 0.05) is 5.39 Å². The normalized spacial score (nSPS) is 11.2. The second-order valence-electron chi connectivity index (χ2n) is 5.10. The van der Waals surface area contributed by atoms with Crippen molar-refractivity contribution in [3.05, 3.63) is 66.0 Å². The summed E-state index contributed by atoms with van der Waals surface area (Å²) in [4.78, 5) is 11.9. The van der Waals surface area contributed by atoms with Crippen molar-refractivity contribution < 1.29 is 0 Å². The van der Waals surface area contributed by atoms with E-state index in [1.54, 1.807) is 6.33 Å². The highest BCUT2D eigenvalue weighted by atomic mass is 14.9. The number of aromatic nitrogens is 3. The number of hydrogen-bond donors (Lipinski definition) is 2. The lowest BCUT2D eigenvalue weighted by Gasteiger charge is -2.08. The molecule has 4 aromatic rings. The summed E-state index contributed by atoms with van der Waals surface area (Å²) >= 11 is 0. The third kappa shape index (κ3) is 1.92. The molecule has 21 heavy (non-hydrogen) atoms. The Bertz CT molecular complexity index is 925. The van der Waals surface area contributed by atoms with Crippen LogP contribution in [0, 0.1) is 0 Å². The molecular formula is C17H14N4. The van der Waals surface area contributed by atoms with E-state index in [2.05, 4.69) is 45.3 Å². The first kappa shape index (κ1) is 11.9. The summed E-state index contributed by atoms with van der Waals surface area (Å²) in [6.07, 6.45) is 2.53. The Morgan fingerprint density at radius 3 is 2.71 bits per heavy atom. The van der Waals surface area contributed by atoms with E-state index in [9.17, 15) is 0 Å². The first-order valence-electron chi connectivity index (χ1n) is 6.87. The fraction of sp³-hybridized carbons (Fsp3) is 0.0588. The highest BCUT2D eigenvalue weighted by Gasteiger charge is 2.12. The van der Waals surface area contributed by atoms with Gasteiger partial charge in [0.25, 0.3) is 0 Å². The third-order valence-electron chi connectivity index (χ3n) is 3.74. The van der Waals surface area contributed by atoms with Gasteiger partial charge in [-0.15, -0.1) is 0 Å². The van der Waals surface area contributed by atoms with Crippen molar-refractivity contribution in [2.45, 2.75) is 6.42 Å². The van der Waals surface area contributed by atoms with E-state index < -0.39 is 0 Å². The van der Waals surface area contributed by atoms with Crippen molar-refractivity contribution >= 4 is 27.8 Å². The van der Waals surface area contributed by atoms with Crippen LogP contribution in [0.2, 0.25) is 0 Å². The molecule has 4 rings (SSSR count). The summed E-state index contributed by atoms with van der Waals surface area (Å²) in [5.41, 5.74) is 11.1. The van der Waals surface area contributed by atoms with E-state index in [1.807, 2.05) is 18.2 Å². The molecule has 0 saturated carbocycles. The number of pyridine rings is 1. The second-order valence-corrected chi connectivity index (χ2v) is 5.10. The number of nitrogens with zero attached hydrogens (tertiary/aromatic N) is 2. The van der Waals surface area contributed by atoms with E-state index in [1.165, 1.54) is 11.1 Å². The van der Waals surface area contributed by atoms with Crippen LogP contribution < -0.4 is 5.73 Å². The fourth-order valence-electron chi connectivity index (χ4n) is 2.79. The molecule has 0 radical (unpaired) electrons. The minimum Gasteiger partial charge on any atom is -0.382 e. The standard InChI is InChI=1S/C17H14N4/c18-17-16-15(19-10-20-16)14-12(7-4-8-13(14)21-17)9-11-5-2-1-3-6-11/h1-8,10H,9H2,(H2,18,21)(H,19,20). The minimum absolute atomic E-state index is 0.468. The molecule has 3 N–H and O–H groups in total. The molecule has 2 aromatic carbocycles. The number of imidazole rings is 1. The Morgan fingerprint density at radius 2 is 1.86 bits per heavy atom. The summed E-state index contributed by atoms with van der Waals surface area (Å²) in [6.45, 7) is 0. The van der Waals surface area contributed by atoms with Gasteiger partial charge in [-0.25, -0.2) is 9.97 Å².